The van der Waals surface area contributed by atoms with Crippen molar-refractivity contribution in [2.45, 2.75) is 43.0 Å². The molecular formula is C23H25N8O6S2+. The number of carbonyl (C=O) groups excluding carboxylic acids is 3. The van der Waals surface area contributed by atoms with Gasteiger partial charge in [-0.25, -0.2) is 4.79 Å². The van der Waals surface area contributed by atoms with Crippen molar-refractivity contribution in [3.63, 3.8) is 0 Å². The number of hydrogen-bond acceptors (Lipinski definition) is 11. The lowest BCUT2D eigenvalue weighted by atomic mass is 9.79. The van der Waals surface area contributed by atoms with Crippen molar-refractivity contribution >= 4 is 57.8 Å². The number of nitrogens with one attached hydrogen (secondary N) is 1. The van der Waals surface area contributed by atoms with Crippen molar-refractivity contribution in [2.24, 2.45) is 16.8 Å². The molecule has 16 heteroatoms. The molecule has 204 valence electrons. The van der Waals surface area contributed by atoms with Crippen LogP contribution in [0.3, 0.4) is 0 Å². The van der Waals surface area contributed by atoms with Crippen molar-refractivity contribution in [2.75, 3.05) is 12.3 Å². The van der Waals surface area contributed by atoms with Crippen LogP contribution in [0.1, 0.15) is 48.5 Å². The minimum Gasteiger partial charge on any atom is -0.478 e. The maximum atomic E-state index is 13.7. The number of nitrogens with zero attached hydrogens (tertiary/aromatic N) is 5. The zero-order chi connectivity index (χ0) is 27.8. The average molecular weight is 574 g/mol. The fourth-order valence-corrected chi connectivity index (χ4v) is 6.74. The van der Waals surface area contributed by atoms with Gasteiger partial charge in [-0.15, -0.1) is 11.8 Å². The van der Waals surface area contributed by atoms with Crippen molar-refractivity contribution in [1.29, 1.82) is 0 Å². The molecule has 39 heavy (non-hydrogen) atoms. The number of pyridine rings is 1. The quantitative estimate of drug-likeness (QED) is 0.0877. The zero-order valence-corrected chi connectivity index (χ0v) is 22.3. The normalized spacial score (nSPS) is 22.1. The molecule has 0 aromatic carbocycles. The molecule has 7 heterocycles. The highest BCUT2D eigenvalue weighted by molar-refractivity contribution is 8.02. The molecule has 2 fully saturated rings. The second-order valence-electron chi connectivity index (χ2n) is 9.00. The highest BCUT2D eigenvalue weighted by Crippen LogP contribution is 2.62. The largest absolute Gasteiger partial charge is 0.478 e. The van der Waals surface area contributed by atoms with Crippen LogP contribution >= 0.6 is 23.3 Å². The number of aromatic nitrogens is 3. The minimum absolute atomic E-state index is 0.0155. The first-order valence-electron chi connectivity index (χ1n) is 12.1. The number of thioether (sulfide) groups is 1. The van der Waals surface area contributed by atoms with Crippen molar-refractivity contribution < 1.29 is 33.7 Å². The third-order valence-corrected chi connectivity index (χ3v) is 8.74. The number of hydrogen-bond donors (Lipinski definition) is 4. The fraction of sp³-hybridized carbons (Fsp3) is 0.391. The second-order valence-corrected chi connectivity index (χ2v) is 11.0. The van der Waals surface area contributed by atoms with Crippen LogP contribution in [0.2, 0.25) is 0 Å². The molecule has 6 N–H and O–H groups in total. The summed E-state index contributed by atoms with van der Waals surface area (Å²) >= 11 is 2.36. The van der Waals surface area contributed by atoms with E-state index in [1.807, 2.05) is 6.92 Å². The van der Waals surface area contributed by atoms with Gasteiger partial charge in [0, 0.05) is 23.7 Å². The summed E-state index contributed by atoms with van der Waals surface area (Å²) in [6.07, 6.45) is 4.51. The van der Waals surface area contributed by atoms with Crippen molar-refractivity contribution in [3.8, 4) is 0 Å². The Balaban J connectivity index is 1.53. The van der Waals surface area contributed by atoms with Crippen LogP contribution in [0.15, 0.2) is 41.0 Å². The number of primary amides is 1. The van der Waals surface area contributed by atoms with Crippen LogP contribution in [-0.2, 0) is 19.2 Å². The molecule has 0 saturated carbocycles. The maximum Gasteiger partial charge on any atom is 0.336 e. The topological polar surface area (TPSA) is 207 Å². The lowest BCUT2D eigenvalue weighted by Gasteiger charge is -2.63. The van der Waals surface area contributed by atoms with Gasteiger partial charge in [0.15, 0.2) is 17.5 Å². The van der Waals surface area contributed by atoms with Crippen LogP contribution < -0.4 is 21.4 Å². The number of carbonyl (C=O) groups is 4. The number of unbranched alkanes of at least 4 members (excludes halogenated alkanes) is 2. The molecule has 2 saturated heterocycles. The zero-order valence-electron chi connectivity index (χ0n) is 20.6. The Hall–Kier alpha value is -4.05. The van der Waals surface area contributed by atoms with Crippen LogP contribution in [0.25, 0.3) is 0 Å². The first-order valence-corrected chi connectivity index (χ1v) is 13.8. The summed E-state index contributed by atoms with van der Waals surface area (Å²) in [4.78, 5) is 61.0. The molecule has 3 unspecified atom stereocenters. The summed E-state index contributed by atoms with van der Waals surface area (Å²) in [7, 11) is 0. The fourth-order valence-electron chi connectivity index (χ4n) is 4.68. The van der Waals surface area contributed by atoms with Gasteiger partial charge >= 0.3 is 5.97 Å². The Morgan fingerprint density at radius 1 is 1.31 bits per heavy atom. The second kappa shape index (κ2) is 10.6. The van der Waals surface area contributed by atoms with Gasteiger partial charge in [-0.2, -0.15) is 13.9 Å². The molecule has 2 aromatic rings. The molecule has 0 spiro atoms. The SMILES string of the molecule is CCCCCON=C(C(=O)NC(C1=C(C(N)=O)N2C(=O)C3C1S[C@@H]32)[n+]1ccc(C(=O)O)cc1)c1nsc(N)n1. The number of carboxylic acid groups (broad SMARTS) is 1. The first kappa shape index (κ1) is 26.6. The number of nitrogen functional groups attached to an aromatic ring is 1. The molecule has 0 radical (unpaired) electrons. The van der Waals surface area contributed by atoms with Crippen LogP contribution in [-0.4, -0.2) is 66.0 Å². The smallest absolute Gasteiger partial charge is 0.336 e. The molecule has 14 nitrogen and oxygen atoms in total. The van der Waals surface area contributed by atoms with E-state index in [4.69, 9.17) is 16.3 Å². The van der Waals surface area contributed by atoms with E-state index < -0.39 is 29.2 Å². The molecule has 4 atom stereocenters. The molecule has 3 amide bonds. The minimum atomic E-state index is -1.13. The summed E-state index contributed by atoms with van der Waals surface area (Å²) in [6, 6.07) is 2.71. The lowest BCUT2D eigenvalue weighted by molar-refractivity contribution is -0.718. The van der Waals surface area contributed by atoms with Gasteiger partial charge in [0.05, 0.1) is 27.7 Å². The molecule has 7 rings (SSSR count). The monoisotopic (exact) mass is 573 g/mol. The molecular weight excluding hydrogens is 548 g/mol. The predicted octanol–water partition coefficient (Wildman–Crippen LogP) is -0.0152. The molecule has 0 aliphatic carbocycles. The highest BCUT2D eigenvalue weighted by atomic mass is 32.2. The van der Waals surface area contributed by atoms with Crippen LogP contribution in [0.5, 0.6) is 0 Å². The van der Waals surface area contributed by atoms with Gasteiger partial charge in [-0.3, -0.25) is 24.6 Å². The summed E-state index contributed by atoms with van der Waals surface area (Å²) < 4.78 is 5.61. The van der Waals surface area contributed by atoms with E-state index in [1.54, 1.807) is 0 Å². The van der Waals surface area contributed by atoms with Gasteiger partial charge < -0.3 is 21.4 Å². The number of β-lactam (4-membered cyclic amide) rings is 1. The summed E-state index contributed by atoms with van der Waals surface area (Å²) in [6.45, 7) is 2.32. The van der Waals surface area contributed by atoms with Gasteiger partial charge in [0.2, 0.25) is 17.4 Å². The number of anilines is 1. The van der Waals surface area contributed by atoms with Crippen molar-refractivity contribution in [1.82, 2.24) is 19.6 Å². The number of carboxylic acids is 1. The summed E-state index contributed by atoms with van der Waals surface area (Å²) in [5, 5.41) is 15.7. The predicted molar refractivity (Wildman–Crippen MR) is 139 cm³/mol. The third kappa shape index (κ3) is 4.69. The van der Waals surface area contributed by atoms with Gasteiger partial charge in [-0.1, -0.05) is 24.9 Å². The number of nitrogens with two attached hydrogens (primary N) is 2. The first-order chi connectivity index (χ1) is 18.7. The number of rotatable bonds is 12. The highest BCUT2D eigenvalue weighted by Gasteiger charge is 2.69. The van der Waals surface area contributed by atoms with Crippen LogP contribution in [0, 0.1) is 5.92 Å². The molecule has 4 bridgehead atoms. The van der Waals surface area contributed by atoms with E-state index in [-0.39, 0.29) is 51.7 Å². The Morgan fingerprint density at radius 3 is 2.64 bits per heavy atom. The van der Waals surface area contributed by atoms with E-state index >= 15 is 0 Å². The van der Waals surface area contributed by atoms with Gasteiger partial charge in [0.25, 0.3) is 18.0 Å². The Morgan fingerprint density at radius 2 is 2.05 bits per heavy atom. The molecule has 2 aromatic heterocycles. The Kier molecular flexibility index (Phi) is 7.22. The number of amides is 3. The molecule has 5 aliphatic rings. The van der Waals surface area contributed by atoms with E-state index in [1.165, 1.54) is 45.8 Å². The van der Waals surface area contributed by atoms with E-state index in [2.05, 4.69) is 19.8 Å². The molecule has 5 aliphatic heterocycles. The summed E-state index contributed by atoms with van der Waals surface area (Å²) in [5.41, 5.74) is 11.7. The van der Waals surface area contributed by atoms with E-state index in [9.17, 15) is 24.3 Å². The number of aromatic carboxylic acids is 1. The summed E-state index contributed by atoms with van der Waals surface area (Å²) in [5.74, 6) is -3.24. The van der Waals surface area contributed by atoms with E-state index in [0.717, 1.165) is 30.8 Å². The standard InChI is InChI=1S/C23H24N8O6S2/c1-2-3-4-9-37-28-13(17-26-23(25)39-29-17)19(33)27-18(30-7-5-10(6-8-30)22(35)36)11-14(16(24)32)31-20(34)12-15(11)38-21(12)31/h5-8,12,15,18,21H,2-4,9H2,1H3,(H5-,24,25,26,27,29,32,33,35,36)/p+1/t12?,15?,18?,21-/m0/s1. The number of oxime groups is 1. The Labute approximate surface area is 230 Å². The average Bonchev–Trinajstić information content (AvgIpc) is 3.33. The maximum absolute atomic E-state index is 13.7. The van der Waals surface area contributed by atoms with Gasteiger partial charge in [-0.05, 0) is 6.42 Å². The lowest BCUT2D eigenvalue weighted by Crippen LogP contribution is -2.75. The van der Waals surface area contributed by atoms with Crippen molar-refractivity contribution in [3.05, 3.63) is 47.2 Å². The Bertz CT molecular complexity index is 1410. The van der Waals surface area contributed by atoms with Crippen LogP contribution in [0.4, 0.5) is 5.13 Å². The van der Waals surface area contributed by atoms with Gasteiger partial charge in [0.1, 0.15) is 12.3 Å². The third-order valence-electron chi connectivity index (χ3n) is 6.57. The van der Waals surface area contributed by atoms with E-state index in [0.29, 0.717) is 5.57 Å².